The number of aryl methyl sites for hydroxylation is 1. The first-order valence-electron chi connectivity index (χ1n) is 9.82. The van der Waals surface area contributed by atoms with Gasteiger partial charge in [-0.05, 0) is 43.3 Å². The molecular formula is C22H11F9N4O. The fourth-order valence-corrected chi connectivity index (χ4v) is 3.73. The van der Waals surface area contributed by atoms with Gasteiger partial charge < -0.3 is 9.09 Å². The quantitative estimate of drug-likeness (QED) is 0.275. The van der Waals surface area contributed by atoms with Gasteiger partial charge in [0.05, 0.1) is 28.3 Å². The van der Waals surface area contributed by atoms with Crippen molar-refractivity contribution in [3.05, 3.63) is 70.2 Å². The van der Waals surface area contributed by atoms with Crippen LogP contribution >= 0.6 is 0 Å². The number of halogens is 9. The van der Waals surface area contributed by atoms with Gasteiger partial charge in [0.2, 0.25) is 11.7 Å². The number of alkyl halides is 9. The predicted octanol–water partition coefficient (Wildman–Crippen LogP) is 6.98. The Morgan fingerprint density at radius 1 is 0.889 bits per heavy atom. The van der Waals surface area contributed by atoms with Crippen molar-refractivity contribution in [2.45, 2.75) is 32.0 Å². The molecule has 0 aliphatic carbocycles. The molecule has 4 rings (SSSR count). The summed E-state index contributed by atoms with van der Waals surface area (Å²) in [6.45, 7) is 1.13. The molecule has 188 valence electrons. The topological polar surface area (TPSA) is 67.6 Å². The molecule has 4 aromatic rings. The van der Waals surface area contributed by atoms with E-state index < -0.39 is 52.2 Å². The van der Waals surface area contributed by atoms with Crippen LogP contribution in [0.15, 0.2) is 40.9 Å². The van der Waals surface area contributed by atoms with Crippen LogP contribution in [0.25, 0.3) is 22.3 Å². The first-order valence-corrected chi connectivity index (χ1v) is 9.82. The number of nitrogens with zero attached hydrogens (tertiary/aromatic N) is 4. The first-order chi connectivity index (χ1) is 16.6. The van der Waals surface area contributed by atoms with Crippen molar-refractivity contribution in [3.8, 4) is 17.5 Å². The van der Waals surface area contributed by atoms with Gasteiger partial charge in [0.25, 0.3) is 0 Å². The molecular weight excluding hydrogens is 507 g/mol. The second-order valence-electron chi connectivity index (χ2n) is 7.71. The summed E-state index contributed by atoms with van der Waals surface area (Å²) in [5, 5.41) is 12.3. The molecule has 0 radical (unpaired) electrons. The fourth-order valence-electron chi connectivity index (χ4n) is 3.73. The molecule has 0 N–H and O–H groups in total. The predicted molar refractivity (Wildman–Crippen MR) is 105 cm³/mol. The molecule has 36 heavy (non-hydrogen) atoms. The van der Waals surface area contributed by atoms with E-state index in [0.717, 1.165) is 6.07 Å². The number of fused-ring (bicyclic) bond motifs is 1. The minimum Gasteiger partial charge on any atom is -0.337 e. The summed E-state index contributed by atoms with van der Waals surface area (Å²) < 4.78 is 126. The lowest BCUT2D eigenvalue weighted by atomic mass is 10.0. The Hall–Kier alpha value is -4.02. The van der Waals surface area contributed by atoms with Crippen LogP contribution < -0.4 is 0 Å². The lowest BCUT2D eigenvalue weighted by Crippen LogP contribution is -2.11. The lowest BCUT2D eigenvalue weighted by Gasteiger charge is -2.12. The van der Waals surface area contributed by atoms with Crippen LogP contribution in [-0.2, 0) is 25.1 Å². The van der Waals surface area contributed by atoms with Crippen LogP contribution in [0.3, 0.4) is 0 Å². The second kappa shape index (κ2) is 8.28. The third-order valence-corrected chi connectivity index (χ3v) is 5.30. The highest BCUT2D eigenvalue weighted by molar-refractivity contribution is 5.87. The number of hydrogen-bond donors (Lipinski definition) is 0. The molecule has 2 aromatic heterocycles. The molecule has 0 amide bonds. The number of hydrogen-bond acceptors (Lipinski definition) is 4. The van der Waals surface area contributed by atoms with E-state index in [1.807, 2.05) is 0 Å². The molecule has 0 saturated carbocycles. The molecule has 14 heteroatoms. The number of rotatable bonds is 3. The Labute approximate surface area is 195 Å². The van der Waals surface area contributed by atoms with Crippen molar-refractivity contribution >= 4 is 10.9 Å². The summed E-state index contributed by atoms with van der Waals surface area (Å²) in [5.74, 6) is -0.854. The highest BCUT2D eigenvalue weighted by Crippen LogP contribution is 2.40. The minimum atomic E-state index is -5.08. The summed E-state index contributed by atoms with van der Waals surface area (Å²) in [6.07, 6.45) is -15.0. The van der Waals surface area contributed by atoms with Crippen molar-refractivity contribution in [1.29, 1.82) is 5.26 Å². The van der Waals surface area contributed by atoms with Gasteiger partial charge in [-0.2, -0.15) is 49.8 Å². The van der Waals surface area contributed by atoms with Crippen molar-refractivity contribution in [2.75, 3.05) is 0 Å². The van der Waals surface area contributed by atoms with E-state index in [1.54, 1.807) is 0 Å². The molecule has 5 nitrogen and oxygen atoms in total. The third-order valence-electron chi connectivity index (χ3n) is 5.30. The van der Waals surface area contributed by atoms with Gasteiger partial charge in [0.15, 0.2) is 0 Å². The van der Waals surface area contributed by atoms with E-state index in [2.05, 4.69) is 10.1 Å². The van der Waals surface area contributed by atoms with Crippen LogP contribution in [0.5, 0.6) is 0 Å². The summed E-state index contributed by atoms with van der Waals surface area (Å²) in [7, 11) is 0. The van der Waals surface area contributed by atoms with Crippen LogP contribution in [0.1, 0.15) is 33.8 Å². The van der Waals surface area contributed by atoms with Crippen LogP contribution in [0.2, 0.25) is 0 Å². The summed E-state index contributed by atoms with van der Waals surface area (Å²) in [6, 6.07) is 5.76. The zero-order chi connectivity index (χ0) is 26.6. The Bertz CT molecular complexity index is 1470. The maximum Gasteiger partial charge on any atom is 0.418 e. The van der Waals surface area contributed by atoms with Crippen LogP contribution in [0.4, 0.5) is 39.5 Å². The van der Waals surface area contributed by atoms with E-state index in [1.165, 1.54) is 29.7 Å². The molecule has 0 fully saturated rings. The molecule has 0 aliphatic rings. The molecule has 0 unspecified atom stereocenters. The van der Waals surface area contributed by atoms with Crippen LogP contribution in [-0.4, -0.2) is 14.7 Å². The fraction of sp³-hybridized carbons (Fsp3) is 0.227. The SMILES string of the molecule is Cc1cc2c(C(F)(F)F)c(C#N)ccc2n1Cc1nc(-c2cc(C(F)(F)F)cc(C(F)(F)F)c2)no1. The Balaban J connectivity index is 1.77. The number of aromatic nitrogens is 3. The van der Waals surface area contributed by atoms with Crippen molar-refractivity contribution in [1.82, 2.24) is 14.7 Å². The van der Waals surface area contributed by atoms with Gasteiger partial charge in [-0.15, -0.1) is 0 Å². The molecule has 0 bridgehead atoms. The standard InChI is InChI=1S/C22H11F9N4O/c1-10-4-15-16(3-2-11(8-32)18(15)22(29,30)31)35(10)9-17-33-19(34-36-17)12-5-13(20(23,24)25)7-14(6-12)21(26,27)28/h2-7H,9H2,1H3. The van der Waals surface area contributed by atoms with Crippen LogP contribution in [0, 0.1) is 18.3 Å². The summed E-state index contributed by atoms with van der Waals surface area (Å²) in [5.41, 5.74) is -5.13. The monoisotopic (exact) mass is 518 g/mol. The Kier molecular flexibility index (Phi) is 5.77. The largest absolute Gasteiger partial charge is 0.418 e. The van der Waals surface area contributed by atoms with Gasteiger partial charge in [0, 0.05) is 22.2 Å². The van der Waals surface area contributed by atoms with Gasteiger partial charge in [0.1, 0.15) is 6.54 Å². The van der Waals surface area contributed by atoms with E-state index >= 15 is 0 Å². The molecule has 0 spiro atoms. The molecule has 0 atom stereocenters. The summed E-state index contributed by atoms with van der Waals surface area (Å²) in [4.78, 5) is 3.85. The number of benzene rings is 2. The van der Waals surface area contributed by atoms with E-state index in [9.17, 15) is 39.5 Å². The van der Waals surface area contributed by atoms with Crippen molar-refractivity contribution in [2.24, 2.45) is 0 Å². The van der Waals surface area contributed by atoms with Crippen molar-refractivity contribution < 1.29 is 44.0 Å². The maximum atomic E-state index is 13.6. The number of nitriles is 1. The van der Waals surface area contributed by atoms with Gasteiger partial charge >= 0.3 is 18.5 Å². The highest BCUT2D eigenvalue weighted by atomic mass is 19.4. The average molecular weight is 518 g/mol. The van der Waals surface area contributed by atoms with Gasteiger partial charge in [-0.3, -0.25) is 0 Å². The highest BCUT2D eigenvalue weighted by Gasteiger charge is 2.38. The van der Waals surface area contributed by atoms with E-state index in [4.69, 9.17) is 9.78 Å². The minimum absolute atomic E-state index is 0.0481. The normalized spacial score (nSPS) is 12.8. The zero-order valence-electron chi connectivity index (χ0n) is 17.8. The van der Waals surface area contributed by atoms with Gasteiger partial charge in [-0.25, -0.2) is 0 Å². The van der Waals surface area contributed by atoms with E-state index in [-0.39, 0.29) is 29.4 Å². The second-order valence-corrected chi connectivity index (χ2v) is 7.71. The molecule has 0 saturated heterocycles. The maximum absolute atomic E-state index is 13.6. The van der Waals surface area contributed by atoms with Crippen molar-refractivity contribution in [3.63, 3.8) is 0 Å². The molecule has 2 aromatic carbocycles. The van der Waals surface area contributed by atoms with E-state index in [0.29, 0.717) is 17.8 Å². The molecule has 2 heterocycles. The smallest absolute Gasteiger partial charge is 0.337 e. The lowest BCUT2D eigenvalue weighted by molar-refractivity contribution is -0.143. The first kappa shape index (κ1) is 25.1. The Morgan fingerprint density at radius 3 is 2.03 bits per heavy atom. The molecule has 0 aliphatic heterocycles. The van der Waals surface area contributed by atoms with Gasteiger partial charge in [-0.1, -0.05) is 5.16 Å². The Morgan fingerprint density at radius 2 is 1.50 bits per heavy atom. The third kappa shape index (κ3) is 4.60. The zero-order valence-corrected chi connectivity index (χ0v) is 17.8. The summed E-state index contributed by atoms with van der Waals surface area (Å²) >= 11 is 0. The average Bonchev–Trinajstić information content (AvgIpc) is 3.35.